The van der Waals surface area contributed by atoms with Gasteiger partial charge in [-0.2, -0.15) is 0 Å². The third kappa shape index (κ3) is 12.0. The summed E-state index contributed by atoms with van der Waals surface area (Å²) in [5.41, 5.74) is 0. The summed E-state index contributed by atoms with van der Waals surface area (Å²) in [7, 11) is 2.15. The third-order valence-electron chi connectivity index (χ3n) is 2.73. The van der Waals surface area contributed by atoms with Crippen molar-refractivity contribution in [2.24, 2.45) is 4.99 Å². The van der Waals surface area contributed by atoms with Gasteiger partial charge in [-0.05, 0) is 33.9 Å². The molecule has 0 aliphatic rings. The Morgan fingerprint density at radius 1 is 1.16 bits per heavy atom. The highest BCUT2D eigenvalue weighted by atomic mass is 16.5. The maximum atomic E-state index is 5.30. The molecular formula is C14H32N4O. The van der Waals surface area contributed by atoms with Crippen molar-refractivity contribution in [1.29, 1.82) is 0 Å². The summed E-state index contributed by atoms with van der Waals surface area (Å²) in [5, 5.41) is 6.51. The highest BCUT2D eigenvalue weighted by Crippen LogP contribution is 1.91. The molecule has 0 atom stereocenters. The van der Waals surface area contributed by atoms with Crippen LogP contribution in [0.2, 0.25) is 0 Å². The minimum absolute atomic E-state index is 0.720. The molecule has 0 aromatic carbocycles. The van der Waals surface area contributed by atoms with Crippen LogP contribution in [0.25, 0.3) is 0 Å². The summed E-state index contributed by atoms with van der Waals surface area (Å²) in [6.07, 6.45) is 2.50. The van der Waals surface area contributed by atoms with Gasteiger partial charge in [-0.1, -0.05) is 13.3 Å². The Kier molecular flexibility index (Phi) is 13.0. The standard InChI is InChI=1S/C14H32N4O/c1-5-8-11-18(4)12-9-16-14(15-6-2)17-10-13-19-7-3/h5-13H2,1-4H3,(H2,15,16,17). The van der Waals surface area contributed by atoms with Gasteiger partial charge in [-0.15, -0.1) is 0 Å². The zero-order valence-corrected chi connectivity index (χ0v) is 13.2. The molecule has 2 N–H and O–H groups in total. The molecule has 0 unspecified atom stereocenters. The lowest BCUT2D eigenvalue weighted by atomic mass is 10.3. The van der Waals surface area contributed by atoms with Gasteiger partial charge < -0.3 is 20.3 Å². The fourth-order valence-electron chi connectivity index (χ4n) is 1.60. The van der Waals surface area contributed by atoms with Crippen LogP contribution in [0, 0.1) is 0 Å². The van der Waals surface area contributed by atoms with E-state index < -0.39 is 0 Å². The number of likely N-dealkylation sites (N-methyl/N-ethyl adjacent to an activating group) is 1. The lowest BCUT2D eigenvalue weighted by molar-refractivity contribution is 0.152. The van der Waals surface area contributed by atoms with Gasteiger partial charge in [0, 0.05) is 26.2 Å². The zero-order valence-electron chi connectivity index (χ0n) is 13.2. The van der Waals surface area contributed by atoms with Crippen LogP contribution in [0.4, 0.5) is 0 Å². The van der Waals surface area contributed by atoms with Crippen molar-refractivity contribution in [1.82, 2.24) is 15.5 Å². The van der Waals surface area contributed by atoms with Crippen LogP contribution in [0.3, 0.4) is 0 Å². The second-order valence-electron chi connectivity index (χ2n) is 4.54. The van der Waals surface area contributed by atoms with Gasteiger partial charge in [0.2, 0.25) is 0 Å². The van der Waals surface area contributed by atoms with Gasteiger partial charge in [0.1, 0.15) is 0 Å². The Balaban J connectivity index is 3.83. The van der Waals surface area contributed by atoms with Crippen molar-refractivity contribution in [2.75, 3.05) is 53.0 Å². The number of nitrogens with zero attached hydrogens (tertiary/aromatic N) is 2. The van der Waals surface area contributed by atoms with Gasteiger partial charge in [-0.3, -0.25) is 4.99 Å². The number of unbranched alkanes of at least 4 members (excludes halogenated alkanes) is 1. The molecule has 0 bridgehead atoms. The predicted octanol–water partition coefficient (Wildman–Crippen LogP) is 1.31. The first-order valence-electron chi connectivity index (χ1n) is 7.53. The molecule has 0 aliphatic carbocycles. The molecule has 0 amide bonds. The highest BCUT2D eigenvalue weighted by Gasteiger charge is 1.98. The van der Waals surface area contributed by atoms with Crippen LogP contribution in [0.15, 0.2) is 4.99 Å². The molecule has 19 heavy (non-hydrogen) atoms. The molecule has 0 rings (SSSR count). The van der Waals surface area contributed by atoms with E-state index in [2.05, 4.69) is 41.4 Å². The summed E-state index contributed by atoms with van der Waals surface area (Å²) >= 11 is 0. The average molecular weight is 272 g/mol. The molecule has 0 aliphatic heterocycles. The lowest BCUT2D eigenvalue weighted by Crippen LogP contribution is -2.39. The first kappa shape index (κ1) is 18.2. The van der Waals surface area contributed by atoms with E-state index in [0.29, 0.717) is 0 Å². The van der Waals surface area contributed by atoms with E-state index in [1.54, 1.807) is 0 Å². The van der Waals surface area contributed by atoms with Gasteiger partial charge in [-0.25, -0.2) is 0 Å². The maximum absolute atomic E-state index is 5.30. The molecule has 0 radical (unpaired) electrons. The van der Waals surface area contributed by atoms with Crippen LogP contribution < -0.4 is 10.6 Å². The SMILES string of the molecule is CCCCN(C)CCN=C(NCC)NCCOCC. The topological polar surface area (TPSA) is 48.9 Å². The van der Waals surface area contributed by atoms with Crippen molar-refractivity contribution >= 4 is 5.96 Å². The number of nitrogens with one attached hydrogen (secondary N) is 2. The van der Waals surface area contributed by atoms with E-state index in [1.165, 1.54) is 12.8 Å². The number of ether oxygens (including phenoxy) is 1. The van der Waals surface area contributed by atoms with Crippen LogP contribution in [0.1, 0.15) is 33.6 Å². The Labute approximate surface area is 118 Å². The first-order chi connectivity index (χ1) is 9.24. The fourth-order valence-corrected chi connectivity index (χ4v) is 1.60. The Morgan fingerprint density at radius 2 is 1.95 bits per heavy atom. The summed E-state index contributed by atoms with van der Waals surface area (Å²) in [5.74, 6) is 0.881. The van der Waals surface area contributed by atoms with Gasteiger partial charge in [0.05, 0.1) is 13.2 Å². The monoisotopic (exact) mass is 272 g/mol. The predicted molar refractivity (Wildman–Crippen MR) is 82.9 cm³/mol. The van der Waals surface area contributed by atoms with Gasteiger partial charge in [0.25, 0.3) is 0 Å². The van der Waals surface area contributed by atoms with E-state index >= 15 is 0 Å². The van der Waals surface area contributed by atoms with E-state index in [1.807, 2.05) is 6.92 Å². The summed E-state index contributed by atoms with van der Waals surface area (Å²) < 4.78 is 5.30. The quantitative estimate of drug-likeness (QED) is 0.338. The molecule has 114 valence electrons. The molecule has 0 aromatic heterocycles. The van der Waals surface area contributed by atoms with E-state index in [4.69, 9.17) is 4.74 Å². The largest absolute Gasteiger partial charge is 0.380 e. The Morgan fingerprint density at radius 3 is 2.58 bits per heavy atom. The molecule has 0 spiro atoms. The van der Waals surface area contributed by atoms with E-state index in [0.717, 1.165) is 51.9 Å². The summed E-state index contributed by atoms with van der Waals surface area (Å²) in [4.78, 5) is 6.89. The molecular weight excluding hydrogens is 240 g/mol. The van der Waals surface area contributed by atoms with E-state index in [-0.39, 0.29) is 0 Å². The van der Waals surface area contributed by atoms with Crippen LogP contribution in [-0.2, 0) is 4.74 Å². The Bertz CT molecular complexity index is 221. The number of hydrogen-bond acceptors (Lipinski definition) is 3. The second-order valence-corrected chi connectivity index (χ2v) is 4.54. The third-order valence-corrected chi connectivity index (χ3v) is 2.73. The molecule has 0 fully saturated rings. The smallest absolute Gasteiger partial charge is 0.191 e. The summed E-state index contributed by atoms with van der Waals surface area (Å²) in [6.45, 7) is 12.4. The van der Waals surface area contributed by atoms with E-state index in [9.17, 15) is 0 Å². The molecule has 5 nitrogen and oxygen atoms in total. The molecule has 5 heteroatoms. The number of aliphatic imine (C=N–C) groups is 1. The van der Waals surface area contributed by atoms with Crippen molar-refractivity contribution in [2.45, 2.75) is 33.6 Å². The van der Waals surface area contributed by atoms with Crippen molar-refractivity contribution in [3.63, 3.8) is 0 Å². The van der Waals surface area contributed by atoms with Gasteiger partial charge in [0.15, 0.2) is 5.96 Å². The molecule has 0 heterocycles. The number of rotatable bonds is 11. The van der Waals surface area contributed by atoms with Crippen LogP contribution in [0.5, 0.6) is 0 Å². The normalized spacial score (nSPS) is 11.9. The number of hydrogen-bond donors (Lipinski definition) is 2. The molecule has 0 aromatic rings. The van der Waals surface area contributed by atoms with Crippen molar-refractivity contribution < 1.29 is 4.74 Å². The van der Waals surface area contributed by atoms with Crippen LogP contribution in [-0.4, -0.2) is 63.8 Å². The Hall–Kier alpha value is -0.810. The van der Waals surface area contributed by atoms with Crippen molar-refractivity contribution in [3.05, 3.63) is 0 Å². The minimum Gasteiger partial charge on any atom is -0.380 e. The average Bonchev–Trinajstić information content (AvgIpc) is 2.41. The van der Waals surface area contributed by atoms with Gasteiger partial charge >= 0.3 is 0 Å². The highest BCUT2D eigenvalue weighted by molar-refractivity contribution is 5.79. The van der Waals surface area contributed by atoms with Crippen molar-refractivity contribution in [3.8, 4) is 0 Å². The molecule has 0 saturated heterocycles. The minimum atomic E-state index is 0.720. The molecule has 0 saturated carbocycles. The number of guanidine groups is 1. The van der Waals surface area contributed by atoms with Crippen LogP contribution >= 0.6 is 0 Å². The summed E-state index contributed by atoms with van der Waals surface area (Å²) in [6, 6.07) is 0. The maximum Gasteiger partial charge on any atom is 0.191 e. The first-order valence-corrected chi connectivity index (χ1v) is 7.53. The fraction of sp³-hybridized carbons (Fsp3) is 0.929. The zero-order chi connectivity index (χ0) is 14.3. The lowest BCUT2D eigenvalue weighted by Gasteiger charge is -2.15. The second kappa shape index (κ2) is 13.6.